The Hall–Kier alpha value is -0.800. The fourth-order valence-electron chi connectivity index (χ4n) is 1.55. The van der Waals surface area contributed by atoms with Crippen molar-refractivity contribution in [1.82, 2.24) is 0 Å². The SMILES string of the molecule is OCCCc1cccc2c(Br)coc12. The Morgan fingerprint density at radius 1 is 1.36 bits per heavy atom. The lowest BCUT2D eigenvalue weighted by molar-refractivity contribution is 0.288. The highest BCUT2D eigenvalue weighted by atomic mass is 79.9. The second kappa shape index (κ2) is 4.15. The van der Waals surface area contributed by atoms with Gasteiger partial charge in [0, 0.05) is 12.0 Å². The molecule has 2 nitrogen and oxygen atoms in total. The predicted molar refractivity (Wildman–Crippen MR) is 59.3 cm³/mol. The van der Waals surface area contributed by atoms with E-state index in [0.717, 1.165) is 33.8 Å². The van der Waals surface area contributed by atoms with E-state index in [-0.39, 0.29) is 6.61 Å². The van der Waals surface area contributed by atoms with Crippen molar-refractivity contribution in [3.63, 3.8) is 0 Å². The first-order valence-electron chi connectivity index (χ1n) is 4.58. The Morgan fingerprint density at radius 3 is 3.00 bits per heavy atom. The van der Waals surface area contributed by atoms with Gasteiger partial charge in [0.25, 0.3) is 0 Å². The van der Waals surface area contributed by atoms with Gasteiger partial charge in [0.05, 0.1) is 4.47 Å². The zero-order chi connectivity index (χ0) is 9.97. The number of aliphatic hydroxyl groups excluding tert-OH is 1. The minimum absolute atomic E-state index is 0.221. The third-order valence-electron chi connectivity index (χ3n) is 2.24. The second-order valence-corrected chi connectivity index (χ2v) is 4.06. The Balaban J connectivity index is 2.44. The second-order valence-electron chi connectivity index (χ2n) is 3.20. The highest BCUT2D eigenvalue weighted by Gasteiger charge is 2.06. The fraction of sp³-hybridized carbons (Fsp3) is 0.273. The van der Waals surface area contributed by atoms with Crippen LogP contribution in [0.25, 0.3) is 11.0 Å². The summed E-state index contributed by atoms with van der Waals surface area (Å²) in [6.07, 6.45) is 3.33. The first-order valence-corrected chi connectivity index (χ1v) is 5.37. The number of rotatable bonds is 3. The number of hydrogen-bond acceptors (Lipinski definition) is 2. The smallest absolute Gasteiger partial charge is 0.138 e. The molecule has 1 N–H and O–H groups in total. The minimum Gasteiger partial charge on any atom is -0.463 e. The lowest BCUT2D eigenvalue weighted by atomic mass is 10.1. The van der Waals surface area contributed by atoms with E-state index in [0.29, 0.717) is 0 Å². The van der Waals surface area contributed by atoms with Crippen LogP contribution in [0.2, 0.25) is 0 Å². The first-order chi connectivity index (χ1) is 6.83. The number of hydrogen-bond donors (Lipinski definition) is 1. The van der Waals surface area contributed by atoms with Gasteiger partial charge in [0.1, 0.15) is 11.8 Å². The van der Waals surface area contributed by atoms with E-state index in [9.17, 15) is 0 Å². The Bertz CT molecular complexity index is 434. The normalized spacial score (nSPS) is 11.0. The van der Waals surface area contributed by atoms with Gasteiger partial charge >= 0.3 is 0 Å². The van der Waals surface area contributed by atoms with Gasteiger partial charge in [-0.2, -0.15) is 0 Å². The van der Waals surface area contributed by atoms with Crippen LogP contribution in [0, 0.1) is 0 Å². The van der Waals surface area contributed by atoms with Crippen molar-refractivity contribution in [2.75, 3.05) is 6.61 Å². The van der Waals surface area contributed by atoms with Gasteiger partial charge in [-0.05, 0) is 40.4 Å². The van der Waals surface area contributed by atoms with Crippen molar-refractivity contribution >= 4 is 26.9 Å². The van der Waals surface area contributed by atoms with Crippen LogP contribution in [0.3, 0.4) is 0 Å². The van der Waals surface area contributed by atoms with Gasteiger partial charge in [-0.15, -0.1) is 0 Å². The predicted octanol–water partition coefficient (Wildman–Crippen LogP) is 3.12. The number of aliphatic hydroxyl groups is 1. The lowest BCUT2D eigenvalue weighted by Gasteiger charge is -1.99. The molecule has 0 saturated heterocycles. The van der Waals surface area contributed by atoms with Gasteiger partial charge in [-0.3, -0.25) is 0 Å². The van der Waals surface area contributed by atoms with E-state index in [1.807, 2.05) is 18.2 Å². The molecule has 0 fully saturated rings. The molecule has 1 aromatic carbocycles. The first kappa shape index (κ1) is 9.74. The molecule has 0 unspecified atom stereocenters. The highest BCUT2D eigenvalue weighted by molar-refractivity contribution is 9.10. The van der Waals surface area contributed by atoms with E-state index in [1.54, 1.807) is 6.26 Å². The average molecular weight is 255 g/mol. The summed E-state index contributed by atoms with van der Waals surface area (Å²) in [6, 6.07) is 6.06. The van der Waals surface area contributed by atoms with Crippen molar-refractivity contribution < 1.29 is 9.52 Å². The Morgan fingerprint density at radius 2 is 2.21 bits per heavy atom. The molecule has 0 saturated carbocycles. The van der Waals surface area contributed by atoms with Crippen LogP contribution in [0.15, 0.2) is 33.4 Å². The summed E-state index contributed by atoms with van der Waals surface area (Å²) >= 11 is 3.43. The van der Waals surface area contributed by atoms with Gasteiger partial charge < -0.3 is 9.52 Å². The van der Waals surface area contributed by atoms with E-state index < -0.39 is 0 Å². The van der Waals surface area contributed by atoms with Crippen LogP contribution in [-0.4, -0.2) is 11.7 Å². The van der Waals surface area contributed by atoms with Gasteiger partial charge in [-0.25, -0.2) is 0 Å². The van der Waals surface area contributed by atoms with Crippen molar-refractivity contribution in [2.24, 2.45) is 0 Å². The zero-order valence-electron chi connectivity index (χ0n) is 7.66. The maximum absolute atomic E-state index is 8.76. The molecule has 0 amide bonds. The van der Waals surface area contributed by atoms with E-state index >= 15 is 0 Å². The molecule has 0 aliphatic carbocycles. The summed E-state index contributed by atoms with van der Waals surface area (Å²) in [6.45, 7) is 0.221. The van der Waals surface area contributed by atoms with E-state index in [1.165, 1.54) is 0 Å². The van der Waals surface area contributed by atoms with Crippen molar-refractivity contribution in [3.8, 4) is 0 Å². The van der Waals surface area contributed by atoms with E-state index in [2.05, 4.69) is 15.9 Å². The van der Waals surface area contributed by atoms with Gasteiger partial charge in [0.2, 0.25) is 0 Å². The number of benzene rings is 1. The number of fused-ring (bicyclic) bond motifs is 1. The third-order valence-corrected chi connectivity index (χ3v) is 2.85. The number of para-hydroxylation sites is 1. The van der Waals surface area contributed by atoms with Gasteiger partial charge in [0.15, 0.2) is 0 Å². The Labute approximate surface area is 90.7 Å². The molecule has 0 bridgehead atoms. The fourth-order valence-corrected chi connectivity index (χ4v) is 1.96. The summed E-state index contributed by atoms with van der Waals surface area (Å²) in [7, 11) is 0. The monoisotopic (exact) mass is 254 g/mol. The van der Waals surface area contributed by atoms with Crippen LogP contribution in [-0.2, 0) is 6.42 Å². The quantitative estimate of drug-likeness (QED) is 0.914. The number of halogens is 1. The minimum atomic E-state index is 0.221. The van der Waals surface area contributed by atoms with Crippen LogP contribution < -0.4 is 0 Å². The molecule has 0 radical (unpaired) electrons. The lowest BCUT2D eigenvalue weighted by Crippen LogP contribution is -1.89. The molecule has 0 spiro atoms. The van der Waals surface area contributed by atoms with E-state index in [4.69, 9.17) is 9.52 Å². The summed E-state index contributed by atoms with van der Waals surface area (Å²) < 4.78 is 6.43. The summed E-state index contributed by atoms with van der Waals surface area (Å²) in [5, 5.41) is 9.86. The molecule has 14 heavy (non-hydrogen) atoms. The topological polar surface area (TPSA) is 33.4 Å². The summed E-state index contributed by atoms with van der Waals surface area (Å²) in [4.78, 5) is 0. The molecule has 74 valence electrons. The summed E-state index contributed by atoms with van der Waals surface area (Å²) in [5.74, 6) is 0. The largest absolute Gasteiger partial charge is 0.463 e. The highest BCUT2D eigenvalue weighted by Crippen LogP contribution is 2.28. The van der Waals surface area contributed by atoms with Crippen molar-refractivity contribution in [3.05, 3.63) is 34.5 Å². The zero-order valence-corrected chi connectivity index (χ0v) is 9.25. The molecular formula is C11H11BrO2. The summed E-state index contributed by atoms with van der Waals surface area (Å²) in [5.41, 5.74) is 2.08. The molecule has 0 aliphatic heterocycles. The van der Waals surface area contributed by atoms with Crippen LogP contribution in [0.1, 0.15) is 12.0 Å². The molecule has 3 heteroatoms. The third kappa shape index (κ3) is 1.70. The number of aryl methyl sites for hydroxylation is 1. The number of furan rings is 1. The molecular weight excluding hydrogens is 244 g/mol. The molecule has 1 aromatic heterocycles. The maximum atomic E-state index is 8.76. The molecule has 1 heterocycles. The Kier molecular flexibility index (Phi) is 2.89. The molecule has 0 atom stereocenters. The molecule has 0 aliphatic rings. The van der Waals surface area contributed by atoms with Crippen LogP contribution in [0.5, 0.6) is 0 Å². The van der Waals surface area contributed by atoms with Crippen molar-refractivity contribution in [2.45, 2.75) is 12.8 Å². The van der Waals surface area contributed by atoms with Crippen LogP contribution in [0.4, 0.5) is 0 Å². The van der Waals surface area contributed by atoms with Crippen molar-refractivity contribution in [1.29, 1.82) is 0 Å². The molecule has 2 aromatic rings. The maximum Gasteiger partial charge on any atom is 0.138 e. The van der Waals surface area contributed by atoms with Crippen LogP contribution >= 0.6 is 15.9 Å². The average Bonchev–Trinajstić information content (AvgIpc) is 2.58. The molecule has 2 rings (SSSR count). The van der Waals surface area contributed by atoms with Gasteiger partial charge in [-0.1, -0.05) is 12.1 Å². The standard InChI is InChI=1S/C11H11BrO2/c12-10-7-14-11-8(4-2-6-13)3-1-5-9(10)11/h1,3,5,7,13H,2,4,6H2.